The van der Waals surface area contributed by atoms with Crippen LogP contribution in [0.15, 0.2) is 12.3 Å². The summed E-state index contributed by atoms with van der Waals surface area (Å²) in [5, 5.41) is 0. The second kappa shape index (κ2) is 4.77. The van der Waals surface area contributed by atoms with Crippen molar-refractivity contribution in [2.24, 2.45) is 5.73 Å². The maximum Gasteiger partial charge on any atom is 0.0681 e. The number of nitrogens with two attached hydrogens (primary N) is 1. The van der Waals surface area contributed by atoms with E-state index in [2.05, 4.69) is 0 Å². The monoisotopic (exact) mass is 105 g/mol. The lowest BCUT2D eigenvalue weighted by molar-refractivity contribution is 0.600. The van der Waals surface area contributed by atoms with Crippen molar-refractivity contribution in [2.45, 2.75) is 0 Å². The van der Waals surface area contributed by atoms with Gasteiger partial charge >= 0.3 is 0 Å². The fourth-order valence-electron chi connectivity index (χ4n) is 0.134. The van der Waals surface area contributed by atoms with E-state index in [0.29, 0.717) is 6.16 Å². The molecule has 0 aromatic rings. The Hall–Kier alpha value is -0.230. The standard InChI is InChI=1S/C3H8NOP/c4-2-1-3-6-5/h1-2H,3-4,6H2. The Morgan fingerprint density at radius 2 is 2.50 bits per heavy atom. The van der Waals surface area contributed by atoms with Gasteiger partial charge in [-0.05, 0) is 6.20 Å². The molecule has 0 aromatic carbocycles. The van der Waals surface area contributed by atoms with Crippen molar-refractivity contribution in [3.63, 3.8) is 0 Å². The van der Waals surface area contributed by atoms with Crippen molar-refractivity contribution in [1.82, 2.24) is 0 Å². The van der Waals surface area contributed by atoms with Crippen molar-refractivity contribution < 1.29 is 4.57 Å². The molecule has 0 aromatic heterocycles. The van der Waals surface area contributed by atoms with Gasteiger partial charge in [-0.25, -0.2) is 0 Å². The predicted octanol–water partition coefficient (Wildman–Crippen LogP) is 0.215. The van der Waals surface area contributed by atoms with Crippen molar-refractivity contribution in [1.29, 1.82) is 0 Å². The third-order valence-electron chi connectivity index (χ3n) is 0.368. The molecule has 3 heteroatoms. The normalized spacial score (nSPS) is 12.0. The Labute approximate surface area is 38.2 Å². The van der Waals surface area contributed by atoms with E-state index in [1.165, 1.54) is 6.20 Å². The van der Waals surface area contributed by atoms with E-state index in [0.717, 1.165) is 0 Å². The smallest absolute Gasteiger partial charge is 0.0681 e. The highest BCUT2D eigenvalue weighted by molar-refractivity contribution is 7.23. The molecule has 0 rings (SSSR count). The molecule has 0 aliphatic carbocycles. The molecule has 0 spiro atoms. The van der Waals surface area contributed by atoms with Crippen molar-refractivity contribution in [3.05, 3.63) is 12.3 Å². The van der Waals surface area contributed by atoms with Crippen LogP contribution in [0.5, 0.6) is 0 Å². The first-order valence-corrected chi connectivity index (χ1v) is 3.01. The minimum Gasteiger partial charge on any atom is -0.405 e. The van der Waals surface area contributed by atoms with Crippen molar-refractivity contribution in [3.8, 4) is 0 Å². The summed E-state index contributed by atoms with van der Waals surface area (Å²) in [5.41, 5.74) is 4.91. The molecule has 0 aliphatic rings. The molecule has 1 atom stereocenters. The molecule has 0 heterocycles. The van der Waals surface area contributed by atoms with Gasteiger partial charge in [0, 0.05) is 6.16 Å². The first-order chi connectivity index (χ1) is 2.91. The lowest BCUT2D eigenvalue weighted by Gasteiger charge is -1.67. The molecule has 0 fully saturated rings. The lowest BCUT2D eigenvalue weighted by atomic mass is 10.7. The van der Waals surface area contributed by atoms with Crippen LogP contribution < -0.4 is 5.73 Å². The van der Waals surface area contributed by atoms with E-state index >= 15 is 0 Å². The summed E-state index contributed by atoms with van der Waals surface area (Å²) in [6, 6.07) is 0. The molecule has 2 N–H and O–H groups in total. The van der Waals surface area contributed by atoms with Crippen LogP contribution in [-0.2, 0) is 4.57 Å². The summed E-state index contributed by atoms with van der Waals surface area (Å²) in [7, 11) is -0.633. The molecule has 0 radical (unpaired) electrons. The first kappa shape index (κ1) is 5.77. The zero-order valence-corrected chi connectivity index (χ0v) is 4.58. The van der Waals surface area contributed by atoms with Crippen LogP contribution in [0.3, 0.4) is 0 Å². The third kappa shape index (κ3) is 3.77. The molecular weight excluding hydrogens is 97.0 g/mol. The van der Waals surface area contributed by atoms with Gasteiger partial charge in [0.05, 0.1) is 8.46 Å². The van der Waals surface area contributed by atoms with Crippen molar-refractivity contribution in [2.75, 3.05) is 6.16 Å². The van der Waals surface area contributed by atoms with Gasteiger partial charge in [-0.3, -0.25) is 0 Å². The van der Waals surface area contributed by atoms with E-state index in [4.69, 9.17) is 5.73 Å². The summed E-state index contributed by atoms with van der Waals surface area (Å²) in [4.78, 5) is 0. The highest BCUT2D eigenvalue weighted by atomic mass is 31.1. The van der Waals surface area contributed by atoms with Crippen molar-refractivity contribution >= 4 is 8.46 Å². The molecule has 36 valence electrons. The summed E-state index contributed by atoms with van der Waals surface area (Å²) >= 11 is 0. The van der Waals surface area contributed by atoms with Crippen LogP contribution in [0.25, 0.3) is 0 Å². The molecular formula is C3H8NOP. The quantitative estimate of drug-likeness (QED) is 0.510. The van der Waals surface area contributed by atoms with Gasteiger partial charge < -0.3 is 10.3 Å². The maximum atomic E-state index is 9.67. The number of allylic oxidation sites excluding steroid dienone is 1. The third-order valence-corrected chi connectivity index (χ3v) is 0.833. The second-order valence-corrected chi connectivity index (χ2v) is 1.64. The summed E-state index contributed by atoms with van der Waals surface area (Å²) in [6.45, 7) is 0. The highest BCUT2D eigenvalue weighted by Crippen LogP contribution is 1.87. The zero-order valence-electron chi connectivity index (χ0n) is 3.42. The zero-order chi connectivity index (χ0) is 4.83. The maximum absolute atomic E-state index is 9.67. The molecule has 0 saturated carbocycles. The van der Waals surface area contributed by atoms with Gasteiger partial charge in [0.2, 0.25) is 0 Å². The average Bonchev–Trinajstić information content (AvgIpc) is 1.61. The van der Waals surface area contributed by atoms with E-state index in [1.54, 1.807) is 6.08 Å². The van der Waals surface area contributed by atoms with E-state index in [9.17, 15) is 4.57 Å². The lowest BCUT2D eigenvalue weighted by Crippen LogP contribution is -1.74. The summed E-state index contributed by atoms with van der Waals surface area (Å²) in [6.07, 6.45) is 3.73. The molecule has 0 aliphatic heterocycles. The van der Waals surface area contributed by atoms with Crippen LogP contribution in [0.2, 0.25) is 0 Å². The highest BCUT2D eigenvalue weighted by Gasteiger charge is 1.61. The van der Waals surface area contributed by atoms with E-state index in [1.807, 2.05) is 0 Å². The Bertz CT molecular complexity index is 61.8. The van der Waals surface area contributed by atoms with Crippen LogP contribution in [0, 0.1) is 0 Å². The molecule has 0 bridgehead atoms. The van der Waals surface area contributed by atoms with Gasteiger partial charge in [-0.2, -0.15) is 0 Å². The van der Waals surface area contributed by atoms with Crippen LogP contribution in [0.1, 0.15) is 0 Å². The average molecular weight is 105 g/mol. The number of hydrogen-bond donors (Lipinski definition) is 1. The predicted molar refractivity (Wildman–Crippen MR) is 28.6 cm³/mol. The first-order valence-electron chi connectivity index (χ1n) is 1.72. The van der Waals surface area contributed by atoms with Gasteiger partial charge in [0.25, 0.3) is 0 Å². The van der Waals surface area contributed by atoms with E-state index < -0.39 is 8.46 Å². The largest absolute Gasteiger partial charge is 0.405 e. The van der Waals surface area contributed by atoms with Gasteiger partial charge in [0.15, 0.2) is 0 Å². The Morgan fingerprint density at radius 1 is 1.83 bits per heavy atom. The summed E-state index contributed by atoms with van der Waals surface area (Å²) in [5.74, 6) is 0. The van der Waals surface area contributed by atoms with Crippen LogP contribution in [-0.4, -0.2) is 6.16 Å². The van der Waals surface area contributed by atoms with Crippen LogP contribution >= 0.6 is 8.46 Å². The second-order valence-electron chi connectivity index (χ2n) is 0.831. The number of hydrogen-bond acceptors (Lipinski definition) is 2. The Balaban J connectivity index is 2.85. The fraction of sp³-hybridized carbons (Fsp3) is 0.333. The minimum atomic E-state index is -0.633. The van der Waals surface area contributed by atoms with Crippen LogP contribution in [0.4, 0.5) is 0 Å². The summed E-state index contributed by atoms with van der Waals surface area (Å²) < 4.78 is 9.67. The van der Waals surface area contributed by atoms with E-state index in [-0.39, 0.29) is 0 Å². The molecule has 2 nitrogen and oxygen atoms in total. The molecule has 0 saturated heterocycles. The molecule has 0 amide bonds. The molecule has 6 heavy (non-hydrogen) atoms. The molecule has 1 unspecified atom stereocenters. The fourth-order valence-corrected chi connectivity index (χ4v) is 0.402. The van der Waals surface area contributed by atoms with Gasteiger partial charge in [-0.1, -0.05) is 6.08 Å². The Kier molecular flexibility index (Phi) is 4.59. The number of rotatable bonds is 2. The van der Waals surface area contributed by atoms with Gasteiger partial charge in [-0.15, -0.1) is 0 Å². The topological polar surface area (TPSA) is 43.1 Å². The Morgan fingerprint density at radius 3 is 2.67 bits per heavy atom. The van der Waals surface area contributed by atoms with Gasteiger partial charge in [0.1, 0.15) is 0 Å². The minimum absolute atomic E-state index is 0.633. The SMILES string of the molecule is NC=CC[PH2]=O.